The molecule has 1 aromatic carbocycles. The van der Waals surface area contributed by atoms with Crippen LogP contribution in [0.5, 0.6) is 0 Å². The molecule has 4 heterocycles. The van der Waals surface area contributed by atoms with Crippen molar-refractivity contribution in [2.24, 2.45) is 11.8 Å². The van der Waals surface area contributed by atoms with Crippen LogP contribution in [-0.4, -0.2) is 77.0 Å². The van der Waals surface area contributed by atoms with Crippen molar-refractivity contribution in [3.05, 3.63) is 102 Å². The molecule has 17 nitrogen and oxygen atoms in total. The molecular formula is C31H34N6O11. The van der Waals surface area contributed by atoms with Crippen molar-refractivity contribution >= 4 is 5.97 Å². The summed E-state index contributed by atoms with van der Waals surface area (Å²) in [7, 11) is 0. The lowest BCUT2D eigenvalue weighted by molar-refractivity contribution is -0.124. The standard InChI is InChI=1S/C20H21N3O5.C11H13N3O6/c1-12(2)16-13(3)17(27-18(25)14-7-5-4-6-8-14)20(11-21,28-16)23-10-9-15(24)22-19(23)26;1-5(15)8-7(17)9(18)11(4-12,20-8)14-3-2-6(16)13-10(14)19/h4-10,12-13,16-17H,1-3H3,(H,22,24,26);2-3,5,7-9,15,17-18H,1H3,(H,13,16,19)/t13-,16-,17-,20-;5-,7-,8-,9-,11-/m11/s1. The zero-order valence-electron chi connectivity index (χ0n) is 26.2. The molecule has 5 N–H and O–H groups in total. The Balaban J connectivity index is 0.000000229. The summed E-state index contributed by atoms with van der Waals surface area (Å²) in [5.41, 5.74) is -6.85. The molecule has 0 radical (unpaired) electrons. The summed E-state index contributed by atoms with van der Waals surface area (Å²) >= 11 is 0. The maximum absolute atomic E-state index is 12.7. The Morgan fingerprint density at radius 2 is 1.38 bits per heavy atom. The van der Waals surface area contributed by atoms with E-state index in [1.54, 1.807) is 36.4 Å². The normalized spacial score (nSPS) is 30.0. The van der Waals surface area contributed by atoms with Gasteiger partial charge in [0.05, 0.1) is 17.8 Å². The summed E-state index contributed by atoms with van der Waals surface area (Å²) in [5, 5.41) is 48.6. The van der Waals surface area contributed by atoms with Crippen LogP contribution in [0.1, 0.15) is 38.1 Å². The lowest BCUT2D eigenvalue weighted by Gasteiger charge is -2.29. The minimum absolute atomic E-state index is 0.00150. The molecule has 17 heteroatoms. The number of carbonyl (C=O) groups excluding carboxylic acids is 1. The van der Waals surface area contributed by atoms with Crippen LogP contribution in [0.3, 0.4) is 0 Å². The topological polar surface area (TPSA) is 263 Å². The SMILES string of the molecule is CC(C)[C@H]1O[C@@](C#N)(n2ccc(=O)[nH]c2=O)[C@H](OC(=O)c2ccccc2)[C@@H]1C.C[C@@H](O)[C@H]1O[C@@](C#N)(n2ccc(=O)[nH]c2=O)[C@H](O)[C@@H]1O. The molecule has 2 aliphatic heterocycles. The molecule has 0 saturated carbocycles. The van der Waals surface area contributed by atoms with Gasteiger partial charge in [-0.15, -0.1) is 0 Å². The van der Waals surface area contributed by atoms with Crippen molar-refractivity contribution in [3.63, 3.8) is 0 Å². The van der Waals surface area contributed by atoms with Crippen molar-refractivity contribution in [2.75, 3.05) is 0 Å². The molecule has 2 fully saturated rings. The summed E-state index contributed by atoms with van der Waals surface area (Å²) in [6, 6.07) is 14.1. The zero-order chi connectivity index (χ0) is 35.6. The fourth-order valence-corrected chi connectivity index (χ4v) is 5.78. The van der Waals surface area contributed by atoms with Crippen molar-refractivity contribution in [2.45, 2.75) is 75.8 Å². The fourth-order valence-electron chi connectivity index (χ4n) is 5.78. The number of aromatic amines is 2. The van der Waals surface area contributed by atoms with Gasteiger partial charge in [-0.05, 0) is 25.0 Å². The van der Waals surface area contributed by atoms with Gasteiger partial charge in [-0.25, -0.2) is 14.4 Å². The first-order chi connectivity index (χ1) is 22.6. The third-order valence-corrected chi connectivity index (χ3v) is 8.13. The lowest BCUT2D eigenvalue weighted by Crippen LogP contribution is -2.51. The Kier molecular flexibility index (Phi) is 10.3. The van der Waals surface area contributed by atoms with Crippen molar-refractivity contribution in [1.29, 1.82) is 10.5 Å². The van der Waals surface area contributed by atoms with Gasteiger partial charge in [0.1, 0.15) is 30.5 Å². The second-order valence-electron chi connectivity index (χ2n) is 11.7. The predicted molar refractivity (Wildman–Crippen MR) is 163 cm³/mol. The zero-order valence-corrected chi connectivity index (χ0v) is 26.2. The van der Waals surface area contributed by atoms with Gasteiger partial charge in [0.25, 0.3) is 22.6 Å². The summed E-state index contributed by atoms with van der Waals surface area (Å²) in [4.78, 5) is 63.3. The molecule has 0 bridgehead atoms. The van der Waals surface area contributed by atoms with E-state index in [0.717, 1.165) is 22.9 Å². The second-order valence-corrected chi connectivity index (χ2v) is 11.7. The third kappa shape index (κ3) is 6.37. The van der Waals surface area contributed by atoms with E-state index in [4.69, 9.17) is 14.2 Å². The molecule has 2 aromatic heterocycles. The van der Waals surface area contributed by atoms with Crippen LogP contribution < -0.4 is 22.5 Å². The van der Waals surface area contributed by atoms with Crippen molar-refractivity contribution < 1.29 is 34.3 Å². The molecule has 0 spiro atoms. The van der Waals surface area contributed by atoms with Gasteiger partial charge in [0, 0.05) is 30.4 Å². The number of nitriles is 2. The molecule has 5 rings (SSSR count). The summed E-state index contributed by atoms with van der Waals surface area (Å²) in [5.74, 6) is -0.990. The first kappa shape index (κ1) is 35.7. The van der Waals surface area contributed by atoms with Crippen LogP contribution in [0.15, 0.2) is 74.0 Å². The van der Waals surface area contributed by atoms with Crippen LogP contribution in [0, 0.1) is 34.5 Å². The number of carbonyl (C=O) groups is 1. The van der Waals surface area contributed by atoms with E-state index in [1.807, 2.05) is 31.8 Å². The van der Waals surface area contributed by atoms with E-state index in [1.165, 1.54) is 13.1 Å². The molecule has 0 amide bonds. The number of aliphatic hydroxyl groups excluding tert-OH is 3. The molecule has 9 atom stereocenters. The van der Waals surface area contributed by atoms with E-state index in [2.05, 4.69) is 4.98 Å². The molecule has 2 saturated heterocycles. The second kappa shape index (κ2) is 13.9. The summed E-state index contributed by atoms with van der Waals surface area (Å²) in [6.07, 6.45) is -5.08. The molecule has 254 valence electrons. The van der Waals surface area contributed by atoms with Gasteiger partial charge in [-0.3, -0.25) is 28.7 Å². The number of aliphatic hydroxyl groups is 3. The maximum atomic E-state index is 12.7. The smallest absolute Gasteiger partial charge is 0.338 e. The monoisotopic (exact) mass is 666 g/mol. The van der Waals surface area contributed by atoms with E-state index >= 15 is 0 Å². The van der Waals surface area contributed by atoms with Crippen LogP contribution in [-0.2, 0) is 25.7 Å². The van der Waals surface area contributed by atoms with Crippen LogP contribution in [0.4, 0.5) is 0 Å². The van der Waals surface area contributed by atoms with Gasteiger partial charge >= 0.3 is 17.3 Å². The van der Waals surface area contributed by atoms with Crippen LogP contribution in [0.2, 0.25) is 0 Å². The number of nitrogens with zero attached hydrogens (tertiary/aromatic N) is 4. The molecular weight excluding hydrogens is 632 g/mol. The van der Waals surface area contributed by atoms with Gasteiger partial charge in [0.15, 0.2) is 6.10 Å². The Bertz CT molecular complexity index is 1960. The number of ether oxygens (including phenoxy) is 3. The van der Waals surface area contributed by atoms with Gasteiger partial charge in [-0.2, -0.15) is 10.5 Å². The number of hydrogen-bond donors (Lipinski definition) is 5. The molecule has 0 aliphatic carbocycles. The highest BCUT2D eigenvalue weighted by Gasteiger charge is 2.60. The lowest BCUT2D eigenvalue weighted by atomic mass is 9.89. The number of aromatic nitrogens is 4. The van der Waals surface area contributed by atoms with E-state index < -0.39 is 76.5 Å². The van der Waals surface area contributed by atoms with Gasteiger partial charge in [0.2, 0.25) is 0 Å². The summed E-state index contributed by atoms with van der Waals surface area (Å²) in [6.45, 7) is 6.95. The van der Waals surface area contributed by atoms with E-state index in [9.17, 15) is 49.8 Å². The maximum Gasteiger partial charge on any atom is 0.338 e. The highest BCUT2D eigenvalue weighted by molar-refractivity contribution is 5.89. The van der Waals surface area contributed by atoms with Crippen LogP contribution >= 0.6 is 0 Å². The molecule has 2 aliphatic rings. The number of benzene rings is 1. The average Bonchev–Trinajstić information content (AvgIpc) is 3.48. The number of H-pyrrole nitrogens is 2. The number of nitrogens with one attached hydrogen (secondary N) is 2. The number of hydrogen-bond acceptors (Lipinski definition) is 13. The van der Waals surface area contributed by atoms with E-state index in [-0.39, 0.29) is 11.8 Å². The van der Waals surface area contributed by atoms with Crippen molar-refractivity contribution in [3.8, 4) is 12.1 Å². The molecule has 3 aromatic rings. The van der Waals surface area contributed by atoms with E-state index in [0.29, 0.717) is 10.1 Å². The highest BCUT2D eigenvalue weighted by Crippen LogP contribution is 2.43. The number of esters is 1. The molecule has 48 heavy (non-hydrogen) atoms. The predicted octanol–water partition coefficient (Wildman–Crippen LogP) is -1.16. The van der Waals surface area contributed by atoms with Crippen LogP contribution in [0.25, 0.3) is 0 Å². The minimum Gasteiger partial charge on any atom is -0.452 e. The molecule has 0 unspecified atom stereocenters. The first-order valence-corrected chi connectivity index (χ1v) is 14.8. The first-order valence-electron chi connectivity index (χ1n) is 14.8. The number of rotatable bonds is 6. The highest BCUT2D eigenvalue weighted by atomic mass is 16.6. The quantitative estimate of drug-likeness (QED) is 0.195. The van der Waals surface area contributed by atoms with Gasteiger partial charge < -0.3 is 29.5 Å². The average molecular weight is 667 g/mol. The Morgan fingerprint density at radius 1 is 0.875 bits per heavy atom. The Morgan fingerprint density at radius 3 is 1.81 bits per heavy atom. The Hall–Kier alpha value is -5.17. The minimum atomic E-state index is -2.22. The Labute approximate surface area is 271 Å². The third-order valence-electron chi connectivity index (χ3n) is 8.13. The fraction of sp³-hybridized carbons (Fsp3) is 0.452. The summed E-state index contributed by atoms with van der Waals surface area (Å²) < 4.78 is 18.6. The van der Waals surface area contributed by atoms with Gasteiger partial charge in [-0.1, -0.05) is 39.0 Å². The van der Waals surface area contributed by atoms with Crippen molar-refractivity contribution in [1.82, 2.24) is 19.1 Å². The largest absolute Gasteiger partial charge is 0.452 e.